The molecule has 2 aromatic carbocycles. The molecule has 0 saturated heterocycles. The lowest BCUT2D eigenvalue weighted by Crippen LogP contribution is -2.34. The van der Waals surface area contributed by atoms with E-state index in [1.165, 1.54) is 16.7 Å². The van der Waals surface area contributed by atoms with Crippen molar-refractivity contribution in [1.29, 1.82) is 0 Å². The van der Waals surface area contributed by atoms with Gasteiger partial charge in [0.25, 0.3) is 15.9 Å². The van der Waals surface area contributed by atoms with E-state index in [0.29, 0.717) is 15.8 Å². The molecule has 1 heterocycles. The van der Waals surface area contributed by atoms with E-state index in [-0.39, 0.29) is 5.03 Å². The molecule has 0 spiro atoms. The summed E-state index contributed by atoms with van der Waals surface area (Å²) in [5.41, 5.74) is 1.70. The zero-order valence-electron chi connectivity index (χ0n) is 14.2. The third kappa shape index (κ3) is 4.85. The standard InChI is InChI=1S/C18H15ClN2O4S2/c1-12-7-8-14(19)15(9-12)25-10-16(22)21-27(23,24)17-11-26-18(20-17)13-5-3-2-4-6-13/h2-9,11H,10H2,1H3,(H,21,22). The summed E-state index contributed by atoms with van der Waals surface area (Å²) < 4.78 is 32.0. The molecular weight excluding hydrogens is 408 g/mol. The van der Waals surface area contributed by atoms with Gasteiger partial charge in [-0.3, -0.25) is 4.79 Å². The summed E-state index contributed by atoms with van der Waals surface area (Å²) in [5, 5.41) is 2.05. The Morgan fingerprint density at radius 2 is 1.96 bits per heavy atom. The van der Waals surface area contributed by atoms with Crippen LogP contribution in [0.4, 0.5) is 0 Å². The Labute approximate surface area is 165 Å². The summed E-state index contributed by atoms with van der Waals surface area (Å²) in [4.78, 5) is 16.1. The summed E-state index contributed by atoms with van der Waals surface area (Å²) in [6, 6.07) is 14.3. The van der Waals surface area contributed by atoms with Gasteiger partial charge in [0, 0.05) is 10.9 Å². The van der Waals surface area contributed by atoms with E-state index in [1.807, 2.05) is 42.0 Å². The van der Waals surface area contributed by atoms with Crippen molar-refractivity contribution in [2.75, 3.05) is 6.61 Å². The Kier molecular flexibility index (Phi) is 5.79. The number of benzene rings is 2. The highest BCUT2D eigenvalue weighted by molar-refractivity contribution is 7.90. The van der Waals surface area contributed by atoms with Crippen molar-refractivity contribution in [2.45, 2.75) is 11.9 Å². The topological polar surface area (TPSA) is 85.4 Å². The van der Waals surface area contributed by atoms with Gasteiger partial charge in [0.1, 0.15) is 10.8 Å². The Morgan fingerprint density at radius 1 is 1.22 bits per heavy atom. The molecule has 27 heavy (non-hydrogen) atoms. The van der Waals surface area contributed by atoms with Crippen LogP contribution in [0.5, 0.6) is 5.75 Å². The van der Waals surface area contributed by atoms with Crippen molar-refractivity contribution in [3.8, 4) is 16.3 Å². The molecule has 0 aliphatic rings. The number of sulfonamides is 1. The lowest BCUT2D eigenvalue weighted by molar-refractivity contribution is -0.121. The predicted molar refractivity (Wildman–Crippen MR) is 105 cm³/mol. The van der Waals surface area contributed by atoms with Gasteiger partial charge in [-0.05, 0) is 24.6 Å². The molecule has 6 nitrogen and oxygen atoms in total. The van der Waals surface area contributed by atoms with Crippen molar-refractivity contribution in [1.82, 2.24) is 9.71 Å². The van der Waals surface area contributed by atoms with E-state index < -0.39 is 22.5 Å². The summed E-state index contributed by atoms with van der Waals surface area (Å²) in [6.07, 6.45) is 0. The number of amides is 1. The number of aromatic nitrogens is 1. The molecule has 1 amide bonds. The first kappa shape index (κ1) is 19.3. The fourth-order valence-corrected chi connectivity index (χ4v) is 4.44. The van der Waals surface area contributed by atoms with Gasteiger partial charge in [-0.15, -0.1) is 11.3 Å². The quantitative estimate of drug-likeness (QED) is 0.655. The van der Waals surface area contributed by atoms with Crippen molar-refractivity contribution < 1.29 is 17.9 Å². The van der Waals surface area contributed by atoms with E-state index >= 15 is 0 Å². The molecular formula is C18H15ClN2O4S2. The third-order valence-electron chi connectivity index (χ3n) is 3.47. The van der Waals surface area contributed by atoms with Gasteiger partial charge in [0.05, 0.1) is 5.02 Å². The van der Waals surface area contributed by atoms with Crippen LogP contribution < -0.4 is 9.46 Å². The van der Waals surface area contributed by atoms with Gasteiger partial charge in [0.15, 0.2) is 11.6 Å². The minimum atomic E-state index is -4.08. The molecule has 0 radical (unpaired) electrons. The van der Waals surface area contributed by atoms with Gasteiger partial charge < -0.3 is 4.74 Å². The van der Waals surface area contributed by atoms with Gasteiger partial charge in [-0.1, -0.05) is 48.0 Å². The second-order valence-electron chi connectivity index (χ2n) is 5.61. The summed E-state index contributed by atoms with van der Waals surface area (Å²) >= 11 is 7.17. The number of ether oxygens (including phenoxy) is 1. The molecule has 1 N–H and O–H groups in total. The van der Waals surface area contributed by atoms with Crippen molar-refractivity contribution >= 4 is 38.9 Å². The molecule has 0 aliphatic heterocycles. The second-order valence-corrected chi connectivity index (χ2v) is 8.50. The molecule has 1 aromatic heterocycles. The molecule has 0 bridgehead atoms. The largest absolute Gasteiger partial charge is 0.482 e. The fourth-order valence-electron chi connectivity index (χ4n) is 2.19. The van der Waals surface area contributed by atoms with Crippen molar-refractivity contribution in [3.05, 3.63) is 64.5 Å². The zero-order chi connectivity index (χ0) is 19.4. The van der Waals surface area contributed by atoms with Crippen LogP contribution in [0.3, 0.4) is 0 Å². The molecule has 9 heteroatoms. The highest BCUT2D eigenvalue weighted by Gasteiger charge is 2.22. The predicted octanol–water partition coefficient (Wildman–Crippen LogP) is 3.66. The van der Waals surface area contributed by atoms with E-state index in [1.54, 1.807) is 18.2 Å². The Bertz CT molecular complexity index is 1070. The lowest BCUT2D eigenvalue weighted by atomic mass is 10.2. The average molecular weight is 423 g/mol. The Balaban J connectivity index is 1.66. The van der Waals surface area contributed by atoms with E-state index in [4.69, 9.17) is 16.3 Å². The maximum atomic E-state index is 12.4. The van der Waals surface area contributed by atoms with Crippen LogP contribution in [-0.2, 0) is 14.8 Å². The van der Waals surface area contributed by atoms with Crippen LogP contribution in [0.25, 0.3) is 10.6 Å². The molecule has 0 fully saturated rings. The maximum absolute atomic E-state index is 12.4. The number of halogens is 1. The SMILES string of the molecule is Cc1ccc(Cl)c(OCC(=O)NS(=O)(=O)c2csc(-c3ccccc3)n2)c1. The van der Waals surface area contributed by atoms with E-state index in [9.17, 15) is 13.2 Å². The molecule has 140 valence electrons. The van der Waals surface area contributed by atoms with Crippen LogP contribution >= 0.6 is 22.9 Å². The minimum absolute atomic E-state index is 0.215. The first-order valence-corrected chi connectivity index (χ1v) is 10.5. The number of thiazole rings is 1. The minimum Gasteiger partial charge on any atom is -0.482 e. The van der Waals surface area contributed by atoms with E-state index in [0.717, 1.165) is 11.1 Å². The monoisotopic (exact) mass is 422 g/mol. The fraction of sp³-hybridized carbons (Fsp3) is 0.111. The zero-order valence-corrected chi connectivity index (χ0v) is 16.6. The number of nitrogens with zero attached hydrogens (tertiary/aromatic N) is 1. The molecule has 0 saturated carbocycles. The van der Waals surface area contributed by atoms with E-state index in [2.05, 4.69) is 4.98 Å². The van der Waals surface area contributed by atoms with Gasteiger partial charge in [0.2, 0.25) is 0 Å². The second kappa shape index (κ2) is 8.08. The highest BCUT2D eigenvalue weighted by atomic mass is 35.5. The van der Waals surface area contributed by atoms with Gasteiger partial charge >= 0.3 is 0 Å². The number of nitrogens with one attached hydrogen (secondary N) is 1. The smallest absolute Gasteiger partial charge is 0.282 e. The van der Waals surface area contributed by atoms with Gasteiger partial charge in [-0.25, -0.2) is 9.71 Å². The first-order chi connectivity index (χ1) is 12.8. The number of carbonyl (C=O) groups excluding carboxylic acids is 1. The third-order valence-corrected chi connectivity index (χ3v) is 6.08. The Morgan fingerprint density at radius 3 is 2.70 bits per heavy atom. The van der Waals surface area contributed by atoms with Crippen LogP contribution in [0, 0.1) is 6.92 Å². The van der Waals surface area contributed by atoms with Gasteiger partial charge in [-0.2, -0.15) is 8.42 Å². The number of rotatable bonds is 6. The van der Waals surface area contributed by atoms with Crippen LogP contribution in [-0.4, -0.2) is 25.9 Å². The van der Waals surface area contributed by atoms with Crippen LogP contribution in [0.1, 0.15) is 5.56 Å². The average Bonchev–Trinajstić information content (AvgIpc) is 3.14. The maximum Gasteiger partial charge on any atom is 0.282 e. The van der Waals surface area contributed by atoms with Crippen LogP contribution in [0.2, 0.25) is 5.02 Å². The molecule has 3 aromatic rings. The van der Waals surface area contributed by atoms with Crippen LogP contribution in [0.15, 0.2) is 58.9 Å². The van der Waals surface area contributed by atoms with Crippen molar-refractivity contribution in [3.63, 3.8) is 0 Å². The number of aryl methyl sites for hydroxylation is 1. The van der Waals surface area contributed by atoms with Crippen molar-refractivity contribution in [2.24, 2.45) is 0 Å². The number of carbonyl (C=O) groups is 1. The molecule has 0 aliphatic carbocycles. The summed E-state index contributed by atoms with van der Waals surface area (Å²) in [6.45, 7) is 1.36. The summed E-state index contributed by atoms with van der Waals surface area (Å²) in [7, 11) is -4.08. The molecule has 0 atom stereocenters. The highest BCUT2D eigenvalue weighted by Crippen LogP contribution is 2.26. The molecule has 3 rings (SSSR count). The first-order valence-electron chi connectivity index (χ1n) is 7.81. The molecule has 0 unspecified atom stereocenters. The summed E-state index contributed by atoms with van der Waals surface area (Å²) in [5.74, 6) is -0.508. The number of hydrogen-bond acceptors (Lipinski definition) is 6. The lowest BCUT2D eigenvalue weighted by Gasteiger charge is -2.09. The Hall–Kier alpha value is -2.42. The number of hydrogen-bond donors (Lipinski definition) is 1. The normalized spacial score (nSPS) is 11.2.